The summed E-state index contributed by atoms with van der Waals surface area (Å²) >= 11 is 3.34. The zero-order valence-corrected chi connectivity index (χ0v) is 14.7. The highest BCUT2D eigenvalue weighted by molar-refractivity contribution is 9.10. The summed E-state index contributed by atoms with van der Waals surface area (Å²) in [4.78, 5) is 25.5. The number of halogens is 1. The van der Waals surface area contributed by atoms with Crippen LogP contribution in [0.3, 0.4) is 0 Å². The Kier molecular flexibility index (Phi) is 6.10. The lowest BCUT2D eigenvalue weighted by molar-refractivity contribution is -0.117. The van der Waals surface area contributed by atoms with Gasteiger partial charge in [0.2, 0.25) is 11.8 Å². The van der Waals surface area contributed by atoms with E-state index in [-0.39, 0.29) is 24.8 Å². The summed E-state index contributed by atoms with van der Waals surface area (Å²) in [5.41, 5.74) is 1.60. The Bertz CT molecular complexity index is 799. The zero-order chi connectivity index (χ0) is 17.5. The van der Waals surface area contributed by atoms with E-state index in [1.54, 1.807) is 36.4 Å². The van der Waals surface area contributed by atoms with E-state index < -0.39 is 0 Å². The zero-order valence-electron chi connectivity index (χ0n) is 13.1. The molecule has 5 nitrogen and oxygen atoms in total. The van der Waals surface area contributed by atoms with Gasteiger partial charge in [-0.15, -0.1) is 0 Å². The molecule has 122 valence electrons. The van der Waals surface area contributed by atoms with Crippen LogP contribution in [0, 0.1) is 11.3 Å². The molecule has 0 aliphatic rings. The van der Waals surface area contributed by atoms with Crippen molar-refractivity contribution in [1.82, 2.24) is 0 Å². The average Bonchev–Trinajstić information content (AvgIpc) is 2.55. The third-order valence-electron chi connectivity index (χ3n) is 3.37. The van der Waals surface area contributed by atoms with E-state index in [0.717, 1.165) is 4.47 Å². The van der Waals surface area contributed by atoms with Gasteiger partial charge in [-0.05, 0) is 30.3 Å². The molecule has 0 heterocycles. The van der Waals surface area contributed by atoms with Crippen LogP contribution in [0.25, 0.3) is 0 Å². The van der Waals surface area contributed by atoms with Crippen LogP contribution >= 0.6 is 15.9 Å². The Morgan fingerprint density at radius 2 is 1.96 bits per heavy atom. The van der Waals surface area contributed by atoms with Crippen molar-refractivity contribution in [2.75, 3.05) is 16.8 Å². The second kappa shape index (κ2) is 8.27. The number of carbonyl (C=O) groups is 2. The molecule has 0 radical (unpaired) electrons. The molecule has 24 heavy (non-hydrogen) atoms. The fraction of sp³-hybridized carbons (Fsp3) is 0.167. The number of hydrogen-bond donors (Lipinski definition) is 1. The van der Waals surface area contributed by atoms with Crippen LogP contribution in [0.5, 0.6) is 0 Å². The van der Waals surface area contributed by atoms with Crippen molar-refractivity contribution in [3.63, 3.8) is 0 Å². The molecule has 0 atom stereocenters. The van der Waals surface area contributed by atoms with Gasteiger partial charge in [0.05, 0.1) is 11.3 Å². The molecule has 0 bridgehead atoms. The van der Waals surface area contributed by atoms with Crippen LogP contribution in [0.15, 0.2) is 53.0 Å². The molecule has 2 rings (SSSR count). The molecule has 0 aliphatic heterocycles. The Balaban J connectivity index is 2.05. The standard InChI is InChI=1S/C18H16BrN3O2/c1-13(23)22(17-8-3-2-5-14(17)12-20)10-9-18(24)21-16-7-4-6-15(19)11-16/h2-8,11H,9-10H2,1H3,(H,21,24). The summed E-state index contributed by atoms with van der Waals surface area (Å²) in [5, 5.41) is 12.0. The topological polar surface area (TPSA) is 73.2 Å². The highest BCUT2D eigenvalue weighted by Gasteiger charge is 2.16. The molecule has 0 aromatic heterocycles. The molecule has 0 spiro atoms. The first-order valence-corrected chi connectivity index (χ1v) is 8.13. The van der Waals surface area contributed by atoms with Crippen LogP contribution in [0.1, 0.15) is 18.9 Å². The first-order chi connectivity index (χ1) is 11.5. The van der Waals surface area contributed by atoms with Crippen molar-refractivity contribution >= 4 is 39.1 Å². The maximum atomic E-state index is 12.1. The van der Waals surface area contributed by atoms with Crippen LogP contribution < -0.4 is 10.2 Å². The molecule has 0 unspecified atom stereocenters. The van der Waals surface area contributed by atoms with Gasteiger partial charge in [0.1, 0.15) is 6.07 Å². The highest BCUT2D eigenvalue weighted by Crippen LogP contribution is 2.20. The summed E-state index contributed by atoms with van der Waals surface area (Å²) in [6.07, 6.45) is 0.131. The van der Waals surface area contributed by atoms with Crippen molar-refractivity contribution in [3.8, 4) is 6.07 Å². The fourth-order valence-electron chi connectivity index (χ4n) is 2.25. The van der Waals surface area contributed by atoms with E-state index in [4.69, 9.17) is 0 Å². The van der Waals surface area contributed by atoms with Crippen molar-refractivity contribution in [2.24, 2.45) is 0 Å². The van der Waals surface area contributed by atoms with E-state index in [1.807, 2.05) is 12.1 Å². The minimum atomic E-state index is -0.215. The van der Waals surface area contributed by atoms with Gasteiger partial charge < -0.3 is 10.2 Å². The second-order valence-electron chi connectivity index (χ2n) is 5.11. The SMILES string of the molecule is CC(=O)N(CCC(=O)Nc1cccc(Br)c1)c1ccccc1C#N. The predicted octanol–water partition coefficient (Wildman–Crippen LogP) is 3.70. The first-order valence-electron chi connectivity index (χ1n) is 7.34. The number of carbonyl (C=O) groups excluding carboxylic acids is 2. The van der Waals surface area contributed by atoms with E-state index in [2.05, 4.69) is 27.3 Å². The van der Waals surface area contributed by atoms with Gasteiger partial charge in [-0.2, -0.15) is 5.26 Å². The van der Waals surface area contributed by atoms with Gasteiger partial charge in [-0.3, -0.25) is 9.59 Å². The van der Waals surface area contributed by atoms with E-state index in [1.165, 1.54) is 11.8 Å². The summed E-state index contributed by atoms with van der Waals surface area (Å²) in [7, 11) is 0. The summed E-state index contributed by atoms with van der Waals surface area (Å²) < 4.78 is 0.869. The molecule has 2 amide bonds. The van der Waals surface area contributed by atoms with Gasteiger partial charge in [-0.1, -0.05) is 34.1 Å². The maximum Gasteiger partial charge on any atom is 0.226 e. The largest absolute Gasteiger partial charge is 0.326 e. The quantitative estimate of drug-likeness (QED) is 0.852. The molecule has 0 fully saturated rings. The summed E-state index contributed by atoms with van der Waals surface area (Å²) in [6, 6.07) is 16.2. The van der Waals surface area contributed by atoms with Crippen LogP contribution in [0.4, 0.5) is 11.4 Å². The van der Waals surface area contributed by atoms with E-state index in [9.17, 15) is 14.9 Å². The Morgan fingerprint density at radius 1 is 1.21 bits per heavy atom. The predicted molar refractivity (Wildman–Crippen MR) is 96.6 cm³/mol. The third-order valence-corrected chi connectivity index (χ3v) is 3.86. The van der Waals surface area contributed by atoms with Crippen molar-refractivity contribution < 1.29 is 9.59 Å². The number of amides is 2. The lowest BCUT2D eigenvalue weighted by Crippen LogP contribution is -2.32. The molecular weight excluding hydrogens is 370 g/mol. The van der Waals surface area contributed by atoms with Gasteiger partial charge in [0.15, 0.2) is 0 Å². The average molecular weight is 386 g/mol. The Labute approximate surface area is 149 Å². The van der Waals surface area contributed by atoms with Crippen LogP contribution in [-0.4, -0.2) is 18.4 Å². The van der Waals surface area contributed by atoms with Gasteiger partial charge >= 0.3 is 0 Å². The van der Waals surface area contributed by atoms with Crippen LogP contribution in [0.2, 0.25) is 0 Å². The fourth-order valence-corrected chi connectivity index (χ4v) is 2.65. The van der Waals surface area contributed by atoms with Crippen molar-refractivity contribution in [2.45, 2.75) is 13.3 Å². The van der Waals surface area contributed by atoms with Gasteiger partial charge in [0.25, 0.3) is 0 Å². The van der Waals surface area contributed by atoms with Crippen molar-refractivity contribution in [1.29, 1.82) is 5.26 Å². The first kappa shape index (κ1) is 17.7. The number of nitrogens with zero attached hydrogens (tertiary/aromatic N) is 2. The smallest absolute Gasteiger partial charge is 0.226 e. The van der Waals surface area contributed by atoms with E-state index >= 15 is 0 Å². The molecule has 0 aliphatic carbocycles. The number of para-hydroxylation sites is 1. The normalized spacial score (nSPS) is 9.88. The molecule has 2 aromatic rings. The van der Waals surface area contributed by atoms with Crippen LogP contribution in [-0.2, 0) is 9.59 Å². The second-order valence-corrected chi connectivity index (χ2v) is 6.02. The number of anilines is 2. The minimum Gasteiger partial charge on any atom is -0.326 e. The molecule has 1 N–H and O–H groups in total. The highest BCUT2D eigenvalue weighted by atomic mass is 79.9. The molecule has 0 saturated heterocycles. The lowest BCUT2D eigenvalue weighted by atomic mass is 10.1. The molecule has 0 saturated carbocycles. The number of nitrogens with one attached hydrogen (secondary N) is 1. The van der Waals surface area contributed by atoms with Gasteiger partial charge in [-0.25, -0.2) is 0 Å². The summed E-state index contributed by atoms with van der Waals surface area (Å²) in [5.74, 6) is -0.415. The van der Waals surface area contributed by atoms with Crippen molar-refractivity contribution in [3.05, 3.63) is 58.6 Å². The molecular formula is C18H16BrN3O2. The maximum absolute atomic E-state index is 12.1. The molecule has 2 aromatic carbocycles. The molecule has 6 heteroatoms. The number of benzene rings is 2. The summed E-state index contributed by atoms with van der Waals surface area (Å²) in [6.45, 7) is 1.62. The Hall–Kier alpha value is -2.65. The minimum absolute atomic E-state index is 0.131. The number of nitriles is 1. The van der Waals surface area contributed by atoms with Gasteiger partial charge in [0, 0.05) is 30.0 Å². The monoisotopic (exact) mass is 385 g/mol. The van der Waals surface area contributed by atoms with E-state index in [0.29, 0.717) is 16.9 Å². The number of hydrogen-bond acceptors (Lipinski definition) is 3. The third kappa shape index (κ3) is 4.67. The Morgan fingerprint density at radius 3 is 2.62 bits per heavy atom. The number of rotatable bonds is 5. The lowest BCUT2D eigenvalue weighted by Gasteiger charge is -2.22.